The number of nitrogens with one attached hydrogen (secondary N) is 2. The molecule has 0 bridgehead atoms. The van der Waals surface area contributed by atoms with Crippen molar-refractivity contribution in [1.82, 2.24) is 14.8 Å². The average molecular weight is 550 g/mol. The topological polar surface area (TPSA) is 106 Å². The molecular formula is C24H25Cl2N5O4S. The Bertz CT molecular complexity index is 1270. The molecular weight excluding hydrogens is 525 g/mol. The fourth-order valence-corrected chi connectivity index (χ4v) is 5.56. The molecule has 3 amide bonds. The number of nitrogens with zero attached hydrogens (tertiary/aromatic N) is 3. The van der Waals surface area contributed by atoms with Gasteiger partial charge in [0, 0.05) is 30.6 Å². The highest BCUT2D eigenvalue weighted by Gasteiger charge is 2.32. The van der Waals surface area contributed by atoms with Gasteiger partial charge in [-0.2, -0.15) is 10.2 Å². The van der Waals surface area contributed by atoms with Crippen molar-refractivity contribution < 1.29 is 19.2 Å². The van der Waals surface area contributed by atoms with E-state index in [-0.39, 0.29) is 32.3 Å². The predicted molar refractivity (Wildman–Crippen MR) is 140 cm³/mol. The smallest absolute Gasteiger partial charge is 0.329 e. The number of anilines is 2. The zero-order chi connectivity index (χ0) is 25.8. The highest BCUT2D eigenvalue weighted by atomic mass is 35.5. The summed E-state index contributed by atoms with van der Waals surface area (Å²) in [4.78, 5) is 44.6. The lowest BCUT2D eigenvalue weighted by molar-refractivity contribution is -0.185. The van der Waals surface area contributed by atoms with Crippen LogP contribution in [0, 0.1) is 0 Å². The van der Waals surface area contributed by atoms with Crippen molar-refractivity contribution >= 4 is 63.1 Å². The van der Waals surface area contributed by atoms with Crippen molar-refractivity contribution in [2.24, 2.45) is 7.05 Å². The quantitative estimate of drug-likeness (QED) is 0.360. The number of benzene rings is 1. The molecule has 12 heteroatoms. The minimum atomic E-state index is -0.629. The molecule has 0 aliphatic heterocycles. The maximum atomic E-state index is 13.7. The number of para-hydroxylation sites is 1. The van der Waals surface area contributed by atoms with E-state index in [4.69, 9.17) is 28.0 Å². The maximum Gasteiger partial charge on any atom is 0.329 e. The summed E-state index contributed by atoms with van der Waals surface area (Å²) in [5.41, 5.74) is 1.22. The number of urea groups is 1. The van der Waals surface area contributed by atoms with Crippen LogP contribution in [-0.2, 0) is 16.7 Å². The van der Waals surface area contributed by atoms with Crippen molar-refractivity contribution in [1.29, 1.82) is 0 Å². The standard InChI is InChI=1S/C24H25Cl2N5O4S/c1-14(32)35-31(16-7-4-3-5-8-16)23(33)17-11-20(15-12-27-30(2)13-15)36-22(17)29-24(34)28-21-18(25)9-6-10-19(21)26/h6,9-13,16H,3-5,7-8H2,1-2H3,(H2,28,29,34). The highest BCUT2D eigenvalue weighted by Crippen LogP contribution is 2.38. The predicted octanol–water partition coefficient (Wildman–Crippen LogP) is 6.35. The SMILES string of the molecule is CC(=O)ON(C(=O)c1cc(-c2cnn(C)c2)sc1NC(=O)Nc1c(Cl)cccc1Cl)C1CCCCC1. The Morgan fingerprint density at radius 3 is 2.44 bits per heavy atom. The second-order valence-electron chi connectivity index (χ2n) is 8.44. The number of thiophene rings is 1. The molecule has 1 aromatic carbocycles. The second-order valence-corrected chi connectivity index (χ2v) is 10.3. The van der Waals surface area contributed by atoms with E-state index in [2.05, 4.69) is 15.7 Å². The Balaban J connectivity index is 1.67. The molecule has 0 atom stereocenters. The minimum absolute atomic E-state index is 0.200. The van der Waals surface area contributed by atoms with Crippen LogP contribution in [0.25, 0.3) is 10.4 Å². The van der Waals surface area contributed by atoms with E-state index in [0.717, 1.165) is 42.7 Å². The van der Waals surface area contributed by atoms with Crippen LogP contribution in [0.1, 0.15) is 49.4 Å². The number of rotatable bonds is 5. The molecule has 1 aliphatic rings. The Morgan fingerprint density at radius 2 is 1.83 bits per heavy atom. The van der Waals surface area contributed by atoms with E-state index < -0.39 is 17.9 Å². The van der Waals surface area contributed by atoms with E-state index in [9.17, 15) is 14.4 Å². The van der Waals surface area contributed by atoms with Crippen molar-refractivity contribution in [3.8, 4) is 10.4 Å². The summed E-state index contributed by atoms with van der Waals surface area (Å²) in [5, 5.41) is 11.6. The van der Waals surface area contributed by atoms with Crippen molar-refractivity contribution in [3.05, 3.63) is 52.3 Å². The molecule has 1 saturated carbocycles. The molecule has 2 aromatic heterocycles. The van der Waals surface area contributed by atoms with Gasteiger partial charge in [0.25, 0.3) is 5.91 Å². The average Bonchev–Trinajstić information content (AvgIpc) is 3.46. The van der Waals surface area contributed by atoms with Crippen LogP contribution in [0.2, 0.25) is 10.0 Å². The summed E-state index contributed by atoms with van der Waals surface area (Å²) in [6.45, 7) is 1.26. The molecule has 36 heavy (non-hydrogen) atoms. The van der Waals surface area contributed by atoms with Crippen molar-refractivity contribution in [2.75, 3.05) is 10.6 Å². The molecule has 0 saturated heterocycles. The zero-order valence-corrected chi connectivity index (χ0v) is 22.0. The molecule has 2 N–H and O–H groups in total. The number of amides is 3. The molecule has 190 valence electrons. The summed E-state index contributed by atoms with van der Waals surface area (Å²) in [6.07, 6.45) is 7.87. The monoisotopic (exact) mass is 549 g/mol. The number of carbonyl (C=O) groups excluding carboxylic acids is 3. The lowest BCUT2D eigenvalue weighted by Crippen LogP contribution is -2.42. The lowest BCUT2D eigenvalue weighted by Gasteiger charge is -2.32. The molecule has 0 radical (unpaired) electrons. The zero-order valence-electron chi connectivity index (χ0n) is 19.7. The van der Waals surface area contributed by atoms with E-state index in [1.54, 1.807) is 48.4 Å². The van der Waals surface area contributed by atoms with Crippen LogP contribution in [0.5, 0.6) is 0 Å². The van der Waals surface area contributed by atoms with Crippen LogP contribution >= 0.6 is 34.5 Å². The van der Waals surface area contributed by atoms with Gasteiger partial charge in [-0.05, 0) is 31.0 Å². The largest absolute Gasteiger partial charge is 0.338 e. The minimum Gasteiger partial charge on any atom is -0.338 e. The van der Waals surface area contributed by atoms with Gasteiger partial charge in [-0.1, -0.05) is 48.5 Å². The van der Waals surface area contributed by atoms with Gasteiger partial charge in [-0.3, -0.25) is 19.6 Å². The Hall–Kier alpha value is -3.08. The van der Waals surface area contributed by atoms with Crippen molar-refractivity contribution in [2.45, 2.75) is 45.1 Å². The number of aryl methyl sites for hydroxylation is 1. The van der Waals surface area contributed by atoms with Gasteiger partial charge < -0.3 is 10.2 Å². The fourth-order valence-electron chi connectivity index (χ4n) is 4.05. The molecule has 1 fully saturated rings. The third kappa shape index (κ3) is 6.00. The highest BCUT2D eigenvalue weighted by molar-refractivity contribution is 7.20. The van der Waals surface area contributed by atoms with E-state index in [0.29, 0.717) is 4.88 Å². The summed E-state index contributed by atoms with van der Waals surface area (Å²) >= 11 is 13.6. The summed E-state index contributed by atoms with van der Waals surface area (Å²) < 4.78 is 1.64. The van der Waals surface area contributed by atoms with Crippen LogP contribution < -0.4 is 10.6 Å². The number of hydroxylamine groups is 2. The van der Waals surface area contributed by atoms with E-state index >= 15 is 0 Å². The first-order valence-electron chi connectivity index (χ1n) is 11.4. The molecule has 3 aromatic rings. The molecule has 0 spiro atoms. The summed E-state index contributed by atoms with van der Waals surface area (Å²) in [7, 11) is 1.79. The van der Waals surface area contributed by atoms with Gasteiger partial charge in [-0.15, -0.1) is 11.3 Å². The first-order chi connectivity index (χ1) is 17.2. The molecule has 4 rings (SSSR count). The van der Waals surface area contributed by atoms with Gasteiger partial charge in [0.1, 0.15) is 5.00 Å². The van der Waals surface area contributed by atoms with Gasteiger partial charge in [-0.25, -0.2) is 4.79 Å². The van der Waals surface area contributed by atoms with Gasteiger partial charge >= 0.3 is 12.0 Å². The number of carbonyl (C=O) groups is 3. The second kappa shape index (κ2) is 11.3. The van der Waals surface area contributed by atoms with E-state index in [1.807, 2.05) is 0 Å². The molecule has 2 heterocycles. The lowest BCUT2D eigenvalue weighted by atomic mass is 9.95. The summed E-state index contributed by atoms with van der Waals surface area (Å²) in [5.74, 6) is -1.09. The molecule has 9 nitrogen and oxygen atoms in total. The van der Waals surface area contributed by atoms with E-state index in [1.165, 1.54) is 18.3 Å². The third-order valence-electron chi connectivity index (χ3n) is 5.71. The fraction of sp³-hybridized carbons (Fsp3) is 0.333. The number of hydrogen-bond donors (Lipinski definition) is 2. The Morgan fingerprint density at radius 1 is 1.14 bits per heavy atom. The molecule has 0 unspecified atom stereocenters. The number of hydrogen-bond acceptors (Lipinski definition) is 6. The van der Waals surface area contributed by atoms with Crippen LogP contribution in [0.15, 0.2) is 36.7 Å². The van der Waals surface area contributed by atoms with Crippen LogP contribution in [-0.4, -0.2) is 38.8 Å². The van der Waals surface area contributed by atoms with Crippen molar-refractivity contribution in [3.63, 3.8) is 0 Å². The van der Waals surface area contributed by atoms with Gasteiger partial charge in [0.2, 0.25) is 0 Å². The number of halogens is 2. The summed E-state index contributed by atoms with van der Waals surface area (Å²) in [6, 6.07) is 5.67. The van der Waals surface area contributed by atoms with Crippen LogP contribution in [0.3, 0.4) is 0 Å². The van der Waals surface area contributed by atoms with Crippen LogP contribution in [0.4, 0.5) is 15.5 Å². The first kappa shape index (κ1) is 26.0. The third-order valence-corrected chi connectivity index (χ3v) is 7.44. The number of aromatic nitrogens is 2. The maximum absolute atomic E-state index is 13.7. The first-order valence-corrected chi connectivity index (χ1v) is 13.0. The normalized spacial score (nSPS) is 13.8. The van der Waals surface area contributed by atoms with Gasteiger partial charge in [0.15, 0.2) is 0 Å². The van der Waals surface area contributed by atoms with Gasteiger partial charge in [0.05, 0.1) is 33.5 Å². The molecule has 1 aliphatic carbocycles. The Kier molecular flexibility index (Phi) is 8.17. The Labute approximate surface area is 222 Å².